The van der Waals surface area contributed by atoms with Crippen molar-refractivity contribution in [3.63, 3.8) is 0 Å². The second kappa shape index (κ2) is 10.7. The number of rotatable bonds is 6. The first-order valence-corrected chi connectivity index (χ1v) is 10.8. The first kappa shape index (κ1) is 21.0. The zero-order valence-corrected chi connectivity index (χ0v) is 16.8. The van der Waals surface area contributed by atoms with Gasteiger partial charge in [-0.2, -0.15) is 11.8 Å². The molecule has 2 unspecified atom stereocenters. The maximum Gasteiger partial charge on any atom is 0.225 e. The molecule has 0 radical (unpaired) electrons. The number of anilines is 1. The van der Waals surface area contributed by atoms with Crippen molar-refractivity contribution in [3.8, 4) is 0 Å². The predicted octanol–water partition coefficient (Wildman–Crippen LogP) is 3.45. The van der Waals surface area contributed by atoms with Crippen molar-refractivity contribution in [3.05, 3.63) is 60.2 Å². The van der Waals surface area contributed by atoms with Crippen LogP contribution in [-0.4, -0.2) is 34.2 Å². The SMILES string of the molecule is Cl.O=C(CC1CSCCN1)Nc1cccc(CS(=O)c2ccccc2)c1. The monoisotopic (exact) mass is 410 g/mol. The molecule has 4 nitrogen and oxygen atoms in total. The summed E-state index contributed by atoms with van der Waals surface area (Å²) in [5.41, 5.74) is 1.71. The van der Waals surface area contributed by atoms with Crippen LogP contribution in [0.4, 0.5) is 5.69 Å². The van der Waals surface area contributed by atoms with E-state index >= 15 is 0 Å². The van der Waals surface area contributed by atoms with Gasteiger partial charge in [-0.25, -0.2) is 0 Å². The summed E-state index contributed by atoms with van der Waals surface area (Å²) >= 11 is 1.88. The number of halogens is 1. The van der Waals surface area contributed by atoms with E-state index in [0.29, 0.717) is 12.2 Å². The number of hydrogen-bond acceptors (Lipinski definition) is 4. The van der Waals surface area contributed by atoms with Gasteiger partial charge < -0.3 is 10.6 Å². The maximum atomic E-state index is 12.4. The van der Waals surface area contributed by atoms with Crippen LogP contribution in [0.5, 0.6) is 0 Å². The van der Waals surface area contributed by atoms with Crippen molar-refractivity contribution >= 4 is 46.6 Å². The Balaban J connectivity index is 0.00000243. The number of carbonyl (C=O) groups excluding carboxylic acids is 1. The second-order valence-corrected chi connectivity index (χ2v) is 8.58. The molecule has 2 atom stereocenters. The van der Waals surface area contributed by atoms with E-state index in [4.69, 9.17) is 0 Å². The van der Waals surface area contributed by atoms with Gasteiger partial charge in [-0.15, -0.1) is 12.4 Å². The van der Waals surface area contributed by atoms with Gasteiger partial charge in [0.1, 0.15) is 0 Å². The normalized spacial score (nSPS) is 17.8. The summed E-state index contributed by atoms with van der Waals surface area (Å²) in [6.07, 6.45) is 0.479. The lowest BCUT2D eigenvalue weighted by atomic mass is 10.2. The summed E-state index contributed by atoms with van der Waals surface area (Å²) in [5, 5.41) is 6.33. The highest BCUT2D eigenvalue weighted by atomic mass is 35.5. The van der Waals surface area contributed by atoms with Crippen LogP contribution in [0.1, 0.15) is 12.0 Å². The Morgan fingerprint density at radius 3 is 2.73 bits per heavy atom. The van der Waals surface area contributed by atoms with Crippen molar-refractivity contribution in [1.29, 1.82) is 0 Å². The van der Waals surface area contributed by atoms with Gasteiger partial charge in [0.2, 0.25) is 5.91 Å². The summed E-state index contributed by atoms with van der Waals surface area (Å²) in [7, 11) is -1.09. The van der Waals surface area contributed by atoms with E-state index in [1.807, 2.05) is 66.4 Å². The Bertz CT molecular complexity index is 737. The molecule has 0 aliphatic carbocycles. The summed E-state index contributed by atoms with van der Waals surface area (Å²) in [4.78, 5) is 13.0. The first-order chi connectivity index (χ1) is 12.2. The average Bonchev–Trinajstić information content (AvgIpc) is 2.63. The third-order valence-corrected chi connectivity index (χ3v) is 6.47. The standard InChI is InChI=1S/C19H22N2O2S2.ClH/c22-19(12-17-13-24-10-9-20-17)21-16-6-4-5-15(11-16)14-25(23)18-7-2-1-3-8-18;/h1-8,11,17,20H,9-10,12-14H2,(H,21,22);1H. The number of hydrogen-bond donors (Lipinski definition) is 2. The first-order valence-electron chi connectivity index (χ1n) is 8.34. The third kappa shape index (κ3) is 6.43. The molecule has 1 aliphatic heterocycles. The van der Waals surface area contributed by atoms with Crippen molar-refractivity contribution in [2.75, 3.05) is 23.4 Å². The number of nitrogens with one attached hydrogen (secondary N) is 2. The lowest BCUT2D eigenvalue weighted by molar-refractivity contribution is -0.116. The summed E-state index contributed by atoms with van der Waals surface area (Å²) in [5.74, 6) is 2.54. The van der Waals surface area contributed by atoms with E-state index in [1.54, 1.807) is 0 Å². The Kier molecular flexibility index (Phi) is 8.65. The van der Waals surface area contributed by atoms with E-state index < -0.39 is 10.8 Å². The Labute approximate surface area is 167 Å². The van der Waals surface area contributed by atoms with Gasteiger partial charge in [0, 0.05) is 41.1 Å². The molecule has 0 saturated carbocycles. The molecular weight excluding hydrogens is 388 g/mol. The lowest BCUT2D eigenvalue weighted by Gasteiger charge is -2.22. The van der Waals surface area contributed by atoms with Crippen molar-refractivity contribution in [2.45, 2.75) is 23.1 Å². The minimum atomic E-state index is -1.09. The Hall–Kier alpha value is -1.34. The van der Waals surface area contributed by atoms with E-state index in [0.717, 1.165) is 34.2 Å². The quantitative estimate of drug-likeness (QED) is 0.765. The molecule has 1 amide bonds. The van der Waals surface area contributed by atoms with Crippen molar-refractivity contribution < 1.29 is 9.00 Å². The van der Waals surface area contributed by atoms with Crippen molar-refractivity contribution in [2.24, 2.45) is 0 Å². The summed E-state index contributed by atoms with van der Waals surface area (Å²) < 4.78 is 12.4. The molecule has 140 valence electrons. The molecule has 1 saturated heterocycles. The molecular formula is C19H23ClN2O2S2. The van der Waals surface area contributed by atoms with Gasteiger partial charge in [-0.05, 0) is 29.8 Å². The van der Waals surface area contributed by atoms with Gasteiger partial charge in [0.25, 0.3) is 0 Å². The van der Waals surface area contributed by atoms with Crippen LogP contribution in [0.15, 0.2) is 59.5 Å². The molecule has 1 fully saturated rings. The van der Waals surface area contributed by atoms with E-state index in [-0.39, 0.29) is 24.4 Å². The molecule has 2 N–H and O–H groups in total. The van der Waals surface area contributed by atoms with Gasteiger partial charge in [-0.3, -0.25) is 9.00 Å². The molecule has 26 heavy (non-hydrogen) atoms. The van der Waals surface area contributed by atoms with E-state index in [1.165, 1.54) is 0 Å². The highest BCUT2D eigenvalue weighted by Gasteiger charge is 2.16. The fraction of sp³-hybridized carbons (Fsp3) is 0.316. The minimum Gasteiger partial charge on any atom is -0.326 e. The van der Waals surface area contributed by atoms with Gasteiger partial charge in [0.15, 0.2) is 0 Å². The topological polar surface area (TPSA) is 58.2 Å². The van der Waals surface area contributed by atoms with Crippen LogP contribution >= 0.6 is 24.2 Å². The largest absolute Gasteiger partial charge is 0.326 e. The maximum absolute atomic E-state index is 12.4. The fourth-order valence-electron chi connectivity index (χ4n) is 2.73. The minimum absolute atomic E-state index is 0. The van der Waals surface area contributed by atoms with Crippen LogP contribution in [0, 0.1) is 0 Å². The van der Waals surface area contributed by atoms with Gasteiger partial charge in [-0.1, -0.05) is 30.3 Å². The highest BCUT2D eigenvalue weighted by Crippen LogP contribution is 2.17. The molecule has 1 aliphatic rings. The Morgan fingerprint density at radius 1 is 1.19 bits per heavy atom. The van der Waals surface area contributed by atoms with Gasteiger partial charge >= 0.3 is 0 Å². The van der Waals surface area contributed by atoms with E-state index in [9.17, 15) is 9.00 Å². The fourth-order valence-corrected chi connectivity index (χ4v) is 4.79. The van der Waals surface area contributed by atoms with Crippen LogP contribution in [-0.2, 0) is 21.3 Å². The second-order valence-electron chi connectivity index (χ2n) is 5.98. The molecule has 0 spiro atoms. The molecule has 7 heteroatoms. The number of carbonyl (C=O) groups is 1. The average molecular weight is 411 g/mol. The molecule has 0 aromatic heterocycles. The molecule has 0 bridgehead atoms. The summed E-state index contributed by atoms with van der Waals surface area (Å²) in [6, 6.07) is 17.3. The zero-order valence-electron chi connectivity index (χ0n) is 14.4. The third-order valence-electron chi connectivity index (χ3n) is 3.94. The highest BCUT2D eigenvalue weighted by molar-refractivity contribution is 7.99. The smallest absolute Gasteiger partial charge is 0.225 e. The molecule has 2 aromatic rings. The molecule has 2 aromatic carbocycles. The lowest BCUT2D eigenvalue weighted by Crippen LogP contribution is -2.39. The van der Waals surface area contributed by atoms with Gasteiger partial charge in [0.05, 0.1) is 16.6 Å². The Morgan fingerprint density at radius 2 is 2.00 bits per heavy atom. The predicted molar refractivity (Wildman–Crippen MR) is 113 cm³/mol. The van der Waals surface area contributed by atoms with Crippen molar-refractivity contribution in [1.82, 2.24) is 5.32 Å². The number of amides is 1. The van der Waals surface area contributed by atoms with E-state index in [2.05, 4.69) is 10.6 Å². The van der Waals surface area contributed by atoms with Crippen LogP contribution in [0.2, 0.25) is 0 Å². The molecule has 1 heterocycles. The van der Waals surface area contributed by atoms with Crippen LogP contribution in [0.25, 0.3) is 0 Å². The number of thioether (sulfide) groups is 1. The van der Waals surface area contributed by atoms with Crippen LogP contribution in [0.3, 0.4) is 0 Å². The zero-order chi connectivity index (χ0) is 17.5. The van der Waals surface area contributed by atoms with Crippen LogP contribution < -0.4 is 10.6 Å². The molecule has 3 rings (SSSR count). The number of benzene rings is 2. The summed E-state index contributed by atoms with van der Waals surface area (Å²) in [6.45, 7) is 0.962.